The van der Waals surface area contributed by atoms with Gasteiger partial charge in [-0.25, -0.2) is 14.8 Å². The molecule has 13 heavy (non-hydrogen) atoms. The summed E-state index contributed by atoms with van der Waals surface area (Å²) in [4.78, 5) is 11.2. The molecular formula is C8H15N3O2. The van der Waals surface area contributed by atoms with Gasteiger partial charge >= 0.3 is 6.09 Å². The molecule has 0 unspecified atom stereocenters. The van der Waals surface area contributed by atoms with Crippen LogP contribution in [0.15, 0.2) is 0 Å². The van der Waals surface area contributed by atoms with E-state index >= 15 is 0 Å². The molecule has 1 amide bonds. The van der Waals surface area contributed by atoms with Crippen LogP contribution in [0.3, 0.4) is 0 Å². The predicted octanol–water partition coefficient (Wildman–Crippen LogP) is -0.351. The summed E-state index contributed by atoms with van der Waals surface area (Å²) in [6, 6.07) is 0. The monoisotopic (exact) mass is 185 g/mol. The van der Waals surface area contributed by atoms with E-state index in [0.29, 0.717) is 13.2 Å². The number of nitrogens with one attached hydrogen (secondary N) is 1. The molecule has 0 saturated carbocycles. The third-order valence-electron chi connectivity index (χ3n) is 2.40. The van der Waals surface area contributed by atoms with E-state index in [2.05, 4.69) is 10.3 Å². The van der Waals surface area contributed by atoms with E-state index < -0.39 is 0 Å². The molecule has 2 fully saturated rings. The van der Waals surface area contributed by atoms with Crippen LogP contribution in [0.5, 0.6) is 0 Å². The lowest BCUT2D eigenvalue weighted by Gasteiger charge is -2.27. The van der Waals surface area contributed by atoms with Crippen LogP contribution in [0.1, 0.15) is 6.42 Å². The number of hydrogen-bond donors (Lipinski definition) is 1. The highest BCUT2D eigenvalue weighted by Gasteiger charge is 2.27. The summed E-state index contributed by atoms with van der Waals surface area (Å²) in [6.07, 6.45) is 0.894. The van der Waals surface area contributed by atoms with Gasteiger partial charge in [-0.05, 0) is 13.0 Å². The van der Waals surface area contributed by atoms with Crippen LogP contribution >= 0.6 is 0 Å². The number of amides is 1. The molecule has 2 rings (SSSR count). The average Bonchev–Trinajstić information content (AvgIpc) is 2.43. The molecule has 2 heterocycles. The van der Waals surface area contributed by atoms with Crippen molar-refractivity contribution in [1.82, 2.24) is 15.3 Å². The molecule has 5 nitrogen and oxygen atoms in total. The first-order valence-corrected chi connectivity index (χ1v) is 4.78. The number of carbonyl (C=O) groups excluding carboxylic acids is 1. The standard InChI is InChI=1S/C8H15N3O2/c12-8-11(6-7-13-8)10-4-1-2-9-3-5-10/h9H,1-7H2. The maximum atomic E-state index is 11.2. The van der Waals surface area contributed by atoms with Crippen LogP contribution in [0.25, 0.3) is 0 Å². The number of hydrogen-bond acceptors (Lipinski definition) is 4. The lowest BCUT2D eigenvalue weighted by molar-refractivity contribution is 0.0291. The third-order valence-corrected chi connectivity index (χ3v) is 2.40. The van der Waals surface area contributed by atoms with E-state index in [1.165, 1.54) is 0 Å². The summed E-state index contributed by atoms with van der Waals surface area (Å²) in [5.41, 5.74) is 0. The fourth-order valence-corrected chi connectivity index (χ4v) is 1.72. The van der Waals surface area contributed by atoms with Crippen molar-refractivity contribution < 1.29 is 9.53 Å². The molecule has 0 aliphatic carbocycles. The largest absolute Gasteiger partial charge is 0.447 e. The molecule has 1 N–H and O–H groups in total. The summed E-state index contributed by atoms with van der Waals surface area (Å²) in [5, 5.41) is 7.09. The zero-order chi connectivity index (χ0) is 9.10. The lowest BCUT2D eigenvalue weighted by Crippen LogP contribution is -2.44. The Kier molecular flexibility index (Phi) is 2.65. The minimum absolute atomic E-state index is 0.193. The van der Waals surface area contributed by atoms with Gasteiger partial charge in [-0.15, -0.1) is 0 Å². The number of ether oxygens (including phenoxy) is 1. The molecule has 2 aliphatic rings. The Morgan fingerprint density at radius 3 is 2.92 bits per heavy atom. The zero-order valence-corrected chi connectivity index (χ0v) is 7.66. The van der Waals surface area contributed by atoms with Crippen molar-refractivity contribution >= 4 is 6.09 Å². The van der Waals surface area contributed by atoms with E-state index in [1.54, 1.807) is 5.01 Å². The number of nitrogens with zero attached hydrogens (tertiary/aromatic N) is 2. The number of rotatable bonds is 1. The second-order valence-corrected chi connectivity index (χ2v) is 3.29. The van der Waals surface area contributed by atoms with Gasteiger partial charge in [0, 0.05) is 19.6 Å². The van der Waals surface area contributed by atoms with Gasteiger partial charge in [0.15, 0.2) is 0 Å². The Bertz CT molecular complexity index is 190. The summed E-state index contributed by atoms with van der Waals surface area (Å²) in [6.45, 7) is 5.07. The van der Waals surface area contributed by atoms with Gasteiger partial charge in [0.25, 0.3) is 0 Å². The highest BCUT2D eigenvalue weighted by atomic mass is 16.6. The normalized spacial score (nSPS) is 25.8. The van der Waals surface area contributed by atoms with Crippen LogP contribution in [-0.2, 0) is 4.74 Å². The first-order chi connectivity index (χ1) is 6.38. The van der Waals surface area contributed by atoms with Crippen molar-refractivity contribution in [2.45, 2.75) is 6.42 Å². The summed E-state index contributed by atoms with van der Waals surface area (Å²) in [5.74, 6) is 0. The maximum absolute atomic E-state index is 11.2. The fraction of sp³-hybridized carbons (Fsp3) is 0.875. The first kappa shape index (κ1) is 8.77. The van der Waals surface area contributed by atoms with Crippen molar-refractivity contribution in [2.75, 3.05) is 39.3 Å². The Labute approximate surface area is 77.6 Å². The summed E-state index contributed by atoms with van der Waals surface area (Å²) in [7, 11) is 0. The molecule has 5 heteroatoms. The second-order valence-electron chi connectivity index (χ2n) is 3.29. The molecule has 74 valence electrons. The molecular weight excluding hydrogens is 170 g/mol. The SMILES string of the molecule is O=C1OCCN1N1CCCNCC1. The maximum Gasteiger partial charge on any atom is 0.424 e. The van der Waals surface area contributed by atoms with Gasteiger partial charge in [-0.1, -0.05) is 0 Å². The van der Waals surface area contributed by atoms with Crippen LogP contribution in [0.4, 0.5) is 4.79 Å². The number of cyclic esters (lactones) is 1. The van der Waals surface area contributed by atoms with Gasteiger partial charge < -0.3 is 10.1 Å². The molecule has 2 saturated heterocycles. The van der Waals surface area contributed by atoms with E-state index in [-0.39, 0.29) is 6.09 Å². The topological polar surface area (TPSA) is 44.8 Å². The Morgan fingerprint density at radius 2 is 2.15 bits per heavy atom. The lowest BCUT2D eigenvalue weighted by atomic mass is 10.4. The zero-order valence-electron chi connectivity index (χ0n) is 7.66. The Balaban J connectivity index is 1.93. The molecule has 2 aliphatic heterocycles. The van der Waals surface area contributed by atoms with Gasteiger partial charge in [0.2, 0.25) is 0 Å². The van der Waals surface area contributed by atoms with Gasteiger partial charge in [-0.2, -0.15) is 0 Å². The fourth-order valence-electron chi connectivity index (χ4n) is 1.72. The highest BCUT2D eigenvalue weighted by Crippen LogP contribution is 2.09. The molecule has 0 bridgehead atoms. The molecule has 0 aromatic rings. The van der Waals surface area contributed by atoms with Gasteiger partial charge in [0.05, 0.1) is 6.54 Å². The molecule has 0 aromatic carbocycles. The van der Waals surface area contributed by atoms with E-state index in [9.17, 15) is 4.79 Å². The smallest absolute Gasteiger partial charge is 0.424 e. The van der Waals surface area contributed by atoms with Crippen LogP contribution in [-0.4, -0.2) is 55.4 Å². The quantitative estimate of drug-likeness (QED) is 0.606. The Morgan fingerprint density at radius 1 is 1.23 bits per heavy atom. The van der Waals surface area contributed by atoms with Gasteiger partial charge in [-0.3, -0.25) is 0 Å². The number of carbonyl (C=O) groups is 1. The van der Waals surface area contributed by atoms with E-state index in [4.69, 9.17) is 4.74 Å². The van der Waals surface area contributed by atoms with Crippen LogP contribution < -0.4 is 5.32 Å². The van der Waals surface area contributed by atoms with Crippen molar-refractivity contribution in [3.63, 3.8) is 0 Å². The van der Waals surface area contributed by atoms with Crippen LogP contribution in [0, 0.1) is 0 Å². The molecule has 0 spiro atoms. The minimum atomic E-state index is -0.193. The minimum Gasteiger partial charge on any atom is -0.447 e. The highest BCUT2D eigenvalue weighted by molar-refractivity contribution is 5.68. The Hall–Kier alpha value is -0.810. The first-order valence-electron chi connectivity index (χ1n) is 4.78. The number of hydrazine groups is 1. The van der Waals surface area contributed by atoms with E-state index in [0.717, 1.165) is 32.6 Å². The second kappa shape index (κ2) is 3.93. The third kappa shape index (κ3) is 1.92. The van der Waals surface area contributed by atoms with Crippen molar-refractivity contribution in [2.24, 2.45) is 0 Å². The van der Waals surface area contributed by atoms with E-state index in [1.807, 2.05) is 0 Å². The summed E-state index contributed by atoms with van der Waals surface area (Å²) >= 11 is 0. The van der Waals surface area contributed by atoms with Gasteiger partial charge in [0.1, 0.15) is 6.61 Å². The van der Waals surface area contributed by atoms with Crippen molar-refractivity contribution in [1.29, 1.82) is 0 Å². The van der Waals surface area contributed by atoms with Crippen molar-refractivity contribution in [3.8, 4) is 0 Å². The molecule has 0 aromatic heterocycles. The summed E-state index contributed by atoms with van der Waals surface area (Å²) < 4.78 is 4.88. The van der Waals surface area contributed by atoms with Crippen LogP contribution in [0.2, 0.25) is 0 Å². The average molecular weight is 185 g/mol. The van der Waals surface area contributed by atoms with Crippen molar-refractivity contribution in [3.05, 3.63) is 0 Å². The molecule has 0 radical (unpaired) electrons. The predicted molar refractivity (Wildman–Crippen MR) is 47.1 cm³/mol. The molecule has 0 atom stereocenters.